The van der Waals surface area contributed by atoms with Crippen molar-refractivity contribution in [2.75, 3.05) is 7.05 Å². The summed E-state index contributed by atoms with van der Waals surface area (Å²) in [5.41, 5.74) is 0.689. The highest BCUT2D eigenvalue weighted by Gasteiger charge is 2.38. The van der Waals surface area contributed by atoms with Gasteiger partial charge in [0, 0.05) is 28.9 Å². The van der Waals surface area contributed by atoms with Crippen molar-refractivity contribution in [1.82, 2.24) is 3.11 Å². The Balaban J connectivity index is 4.61. The van der Waals surface area contributed by atoms with Gasteiger partial charge in [0.1, 0.15) is 0 Å². The van der Waals surface area contributed by atoms with E-state index in [4.69, 9.17) is 0 Å². The average Bonchev–Trinajstić information content (AvgIpc) is 1.83. The van der Waals surface area contributed by atoms with Gasteiger partial charge in [-0.25, -0.2) is 3.11 Å². The summed E-state index contributed by atoms with van der Waals surface area (Å²) in [6, 6.07) is 0.595. The third-order valence-electron chi connectivity index (χ3n) is 3.51. The zero-order valence-electron chi connectivity index (χ0n) is 9.40. The molecule has 0 aliphatic rings. The molecule has 0 aromatic carbocycles. The van der Waals surface area contributed by atoms with Crippen LogP contribution in [0.3, 0.4) is 0 Å². The molecule has 74 valence electrons. The molecule has 12 heavy (non-hydrogen) atoms. The largest absolute Gasteiger partial charge is 0.247 e. The maximum Gasteiger partial charge on any atom is 0.0218 e. The van der Waals surface area contributed by atoms with Crippen molar-refractivity contribution in [3.8, 4) is 0 Å². The maximum atomic E-state index is 2.37. The molecule has 0 radical (unpaired) electrons. The van der Waals surface area contributed by atoms with Crippen LogP contribution < -0.4 is 0 Å². The molecule has 0 saturated heterocycles. The van der Waals surface area contributed by atoms with Crippen LogP contribution in [0.4, 0.5) is 0 Å². The fourth-order valence-electron chi connectivity index (χ4n) is 1.07. The summed E-state index contributed by atoms with van der Waals surface area (Å²) in [6.07, 6.45) is 0. The topological polar surface area (TPSA) is 3.24 Å². The van der Waals surface area contributed by atoms with Crippen LogP contribution in [0.5, 0.6) is 0 Å². The number of hydrogen-bond acceptors (Lipinski definition) is 1. The predicted molar refractivity (Wildman–Crippen MR) is 64.5 cm³/mol. The molecule has 0 saturated carbocycles. The quantitative estimate of drug-likeness (QED) is 0.551. The zero-order valence-corrected chi connectivity index (χ0v) is 11.6. The lowest BCUT2D eigenvalue weighted by Gasteiger charge is -2.45. The molecule has 0 bridgehead atoms. The van der Waals surface area contributed by atoms with Crippen LogP contribution in [0.15, 0.2) is 0 Å². The monoisotopic (exact) mass is 283 g/mol. The molecule has 0 spiro atoms. The zero-order chi connectivity index (χ0) is 10.2. The van der Waals surface area contributed by atoms with Crippen LogP contribution >= 0.6 is 22.9 Å². The lowest BCUT2D eigenvalue weighted by atomic mass is 9.65. The first kappa shape index (κ1) is 12.7. The molecule has 0 rings (SSSR count). The summed E-state index contributed by atoms with van der Waals surface area (Å²) in [5, 5.41) is 0. The first-order valence-corrected chi connectivity index (χ1v) is 5.46. The Bertz CT molecular complexity index is 144. The summed E-state index contributed by atoms with van der Waals surface area (Å²) in [7, 11) is 2.14. The fourth-order valence-corrected chi connectivity index (χ4v) is 1.77. The van der Waals surface area contributed by atoms with Crippen LogP contribution in [0, 0.1) is 10.8 Å². The number of rotatable bonds is 2. The second-order valence-electron chi connectivity index (χ2n) is 5.17. The molecular formula is C10H22IN. The minimum atomic E-state index is 0.336. The second-order valence-corrected chi connectivity index (χ2v) is 6.69. The second kappa shape index (κ2) is 3.82. The molecule has 0 aliphatic heterocycles. The maximum absolute atomic E-state index is 2.37. The molecule has 0 aromatic heterocycles. The van der Waals surface area contributed by atoms with E-state index in [0.717, 1.165) is 0 Å². The molecule has 0 heterocycles. The van der Waals surface area contributed by atoms with Crippen molar-refractivity contribution in [3.05, 3.63) is 0 Å². The minimum Gasteiger partial charge on any atom is -0.247 e. The molecule has 2 heteroatoms. The lowest BCUT2D eigenvalue weighted by molar-refractivity contribution is 0.0675. The van der Waals surface area contributed by atoms with E-state index in [2.05, 4.69) is 74.6 Å². The minimum absolute atomic E-state index is 0.336. The molecule has 0 N–H and O–H groups in total. The van der Waals surface area contributed by atoms with Gasteiger partial charge in [-0.3, -0.25) is 0 Å². The fraction of sp³-hybridized carbons (Fsp3) is 1.00. The van der Waals surface area contributed by atoms with Gasteiger partial charge in [-0.15, -0.1) is 0 Å². The predicted octanol–water partition coefficient (Wildman–Crippen LogP) is 3.73. The number of halogens is 1. The van der Waals surface area contributed by atoms with E-state index in [9.17, 15) is 0 Å². The van der Waals surface area contributed by atoms with Crippen LogP contribution in [0.25, 0.3) is 0 Å². The Morgan fingerprint density at radius 1 is 1.08 bits per heavy atom. The molecule has 0 fully saturated rings. The van der Waals surface area contributed by atoms with Crippen molar-refractivity contribution < 1.29 is 0 Å². The van der Waals surface area contributed by atoms with Crippen LogP contribution in [0.1, 0.15) is 41.5 Å². The Labute approximate surface area is 91.4 Å². The number of hydrogen-bond donors (Lipinski definition) is 0. The van der Waals surface area contributed by atoms with E-state index >= 15 is 0 Å². The lowest BCUT2D eigenvalue weighted by Crippen LogP contribution is -2.44. The molecule has 0 aromatic rings. The Morgan fingerprint density at radius 3 is 1.50 bits per heavy atom. The van der Waals surface area contributed by atoms with Crippen molar-refractivity contribution in [2.24, 2.45) is 10.8 Å². The van der Waals surface area contributed by atoms with Gasteiger partial charge in [0.15, 0.2) is 0 Å². The molecular weight excluding hydrogens is 261 g/mol. The van der Waals surface area contributed by atoms with Gasteiger partial charge in [0.2, 0.25) is 0 Å². The van der Waals surface area contributed by atoms with E-state index in [1.165, 1.54) is 0 Å². The van der Waals surface area contributed by atoms with E-state index < -0.39 is 0 Å². The van der Waals surface area contributed by atoms with Crippen molar-refractivity contribution in [3.63, 3.8) is 0 Å². The van der Waals surface area contributed by atoms with E-state index in [1.807, 2.05) is 0 Å². The van der Waals surface area contributed by atoms with Gasteiger partial charge < -0.3 is 0 Å². The number of nitrogens with zero attached hydrogens (tertiary/aromatic N) is 1. The highest BCUT2D eigenvalue weighted by atomic mass is 127. The summed E-state index contributed by atoms with van der Waals surface area (Å²) in [5.74, 6) is 0. The Morgan fingerprint density at radius 2 is 1.42 bits per heavy atom. The van der Waals surface area contributed by atoms with Crippen LogP contribution in [-0.2, 0) is 0 Å². The van der Waals surface area contributed by atoms with E-state index in [-0.39, 0.29) is 0 Å². The van der Waals surface area contributed by atoms with Gasteiger partial charge in [0.25, 0.3) is 0 Å². The van der Waals surface area contributed by atoms with Gasteiger partial charge in [0.05, 0.1) is 0 Å². The van der Waals surface area contributed by atoms with Crippen molar-refractivity contribution >= 4 is 22.9 Å². The molecule has 0 amide bonds. The van der Waals surface area contributed by atoms with Gasteiger partial charge in [-0.05, 0) is 24.8 Å². The van der Waals surface area contributed by atoms with Crippen molar-refractivity contribution in [1.29, 1.82) is 0 Å². The first-order valence-electron chi connectivity index (χ1n) is 4.49. The molecule has 1 atom stereocenters. The molecule has 1 nitrogen and oxygen atoms in total. The summed E-state index contributed by atoms with van der Waals surface area (Å²) in [6.45, 7) is 13.9. The highest BCUT2D eigenvalue weighted by molar-refractivity contribution is 14.1. The van der Waals surface area contributed by atoms with Gasteiger partial charge in [-0.2, -0.15) is 0 Å². The third kappa shape index (κ3) is 2.59. The SMILES string of the molecule is CC(N(C)I)C(C)(C)C(C)(C)C. The summed E-state index contributed by atoms with van der Waals surface area (Å²) in [4.78, 5) is 0. The van der Waals surface area contributed by atoms with Crippen LogP contribution in [0.2, 0.25) is 0 Å². The average molecular weight is 283 g/mol. The van der Waals surface area contributed by atoms with Crippen LogP contribution in [-0.4, -0.2) is 16.2 Å². The Hall–Kier alpha value is 0.690. The van der Waals surface area contributed by atoms with Gasteiger partial charge >= 0.3 is 0 Å². The van der Waals surface area contributed by atoms with Crippen molar-refractivity contribution in [2.45, 2.75) is 47.6 Å². The van der Waals surface area contributed by atoms with Gasteiger partial charge in [-0.1, -0.05) is 34.6 Å². The normalized spacial score (nSPS) is 16.8. The molecule has 0 aliphatic carbocycles. The van der Waals surface area contributed by atoms with E-state index in [0.29, 0.717) is 16.9 Å². The van der Waals surface area contributed by atoms with E-state index in [1.54, 1.807) is 0 Å². The first-order chi connectivity index (χ1) is 5.10. The Kier molecular flexibility index (Phi) is 4.04. The standard InChI is InChI=1S/C10H22IN/c1-8(12(7)11)10(5,6)9(2,3)4/h8H,1-7H3. The smallest absolute Gasteiger partial charge is 0.0218 e. The highest BCUT2D eigenvalue weighted by Crippen LogP contribution is 2.42. The summed E-state index contributed by atoms with van der Waals surface area (Å²) < 4.78 is 2.27. The molecule has 1 unspecified atom stereocenters. The summed E-state index contributed by atoms with van der Waals surface area (Å²) >= 11 is 2.37. The third-order valence-corrected chi connectivity index (χ3v) is 4.35.